The molecule has 0 spiro atoms. The van der Waals surface area contributed by atoms with Crippen LogP contribution in [-0.2, 0) is 12.8 Å². The second-order valence-electron chi connectivity index (χ2n) is 7.66. The van der Waals surface area contributed by atoms with Crippen molar-refractivity contribution in [1.29, 1.82) is 5.26 Å². The molecule has 2 aliphatic carbocycles. The van der Waals surface area contributed by atoms with Crippen molar-refractivity contribution in [3.05, 3.63) is 34.6 Å². The fourth-order valence-electron chi connectivity index (χ4n) is 4.62. The Morgan fingerprint density at radius 3 is 2.43 bits per heavy atom. The monoisotopic (exact) mass is 313 g/mol. The van der Waals surface area contributed by atoms with Crippen LogP contribution in [0, 0.1) is 34.9 Å². The van der Waals surface area contributed by atoms with E-state index in [1.54, 1.807) is 6.07 Å². The number of hydrogen-bond acceptors (Lipinski definition) is 1. The van der Waals surface area contributed by atoms with Gasteiger partial charge in [-0.25, -0.2) is 4.39 Å². The molecule has 0 radical (unpaired) electrons. The molecule has 124 valence electrons. The molecule has 1 fully saturated rings. The summed E-state index contributed by atoms with van der Waals surface area (Å²) in [6, 6.07) is 5.60. The van der Waals surface area contributed by atoms with Crippen LogP contribution in [0.4, 0.5) is 4.39 Å². The Kier molecular flexibility index (Phi) is 5.36. The van der Waals surface area contributed by atoms with Crippen molar-refractivity contribution in [3.8, 4) is 6.07 Å². The Balaban J connectivity index is 1.52. The molecular formula is C21H28FN. The molecule has 0 saturated heterocycles. The predicted molar refractivity (Wildman–Crippen MR) is 91.6 cm³/mol. The molecule has 1 atom stereocenters. The highest BCUT2D eigenvalue weighted by molar-refractivity contribution is 5.41. The quantitative estimate of drug-likeness (QED) is 0.689. The molecule has 1 saturated carbocycles. The van der Waals surface area contributed by atoms with Crippen molar-refractivity contribution < 1.29 is 4.39 Å². The number of fused-ring (bicyclic) bond motifs is 1. The van der Waals surface area contributed by atoms with E-state index in [0.717, 1.165) is 42.2 Å². The van der Waals surface area contributed by atoms with Gasteiger partial charge in [-0.3, -0.25) is 0 Å². The molecule has 23 heavy (non-hydrogen) atoms. The van der Waals surface area contributed by atoms with Gasteiger partial charge in [-0.15, -0.1) is 0 Å². The molecule has 2 aliphatic rings. The van der Waals surface area contributed by atoms with Crippen LogP contribution in [0.25, 0.3) is 0 Å². The lowest BCUT2D eigenvalue weighted by molar-refractivity contribution is 0.241. The molecule has 2 heteroatoms. The zero-order valence-electron chi connectivity index (χ0n) is 14.3. The normalized spacial score (nSPS) is 27.3. The zero-order valence-corrected chi connectivity index (χ0v) is 14.3. The molecule has 3 rings (SSSR count). The number of nitriles is 1. The van der Waals surface area contributed by atoms with Gasteiger partial charge in [-0.05, 0) is 60.6 Å². The predicted octanol–water partition coefficient (Wildman–Crippen LogP) is 5.80. The average molecular weight is 313 g/mol. The van der Waals surface area contributed by atoms with Crippen molar-refractivity contribution >= 4 is 0 Å². The summed E-state index contributed by atoms with van der Waals surface area (Å²) < 4.78 is 14.2. The fraction of sp³-hybridized carbons (Fsp3) is 0.667. The SMILES string of the molecule is CCC1CCC(CCC2CCc3c(ccc(C#N)c3F)C2)CC1. The molecule has 0 bridgehead atoms. The van der Waals surface area contributed by atoms with Crippen LogP contribution in [0.5, 0.6) is 0 Å². The molecule has 1 aromatic carbocycles. The summed E-state index contributed by atoms with van der Waals surface area (Å²) >= 11 is 0. The third kappa shape index (κ3) is 3.77. The maximum Gasteiger partial charge on any atom is 0.144 e. The third-order valence-corrected chi connectivity index (χ3v) is 6.30. The number of benzene rings is 1. The first-order valence-electron chi connectivity index (χ1n) is 9.41. The second-order valence-corrected chi connectivity index (χ2v) is 7.66. The first kappa shape index (κ1) is 16.5. The Labute approximate surface area is 139 Å². The molecule has 0 aromatic heterocycles. The van der Waals surface area contributed by atoms with Crippen LogP contribution < -0.4 is 0 Å². The maximum absolute atomic E-state index is 14.2. The summed E-state index contributed by atoms with van der Waals surface area (Å²) in [5.74, 6) is 2.35. The van der Waals surface area contributed by atoms with E-state index in [-0.39, 0.29) is 11.4 Å². The summed E-state index contributed by atoms with van der Waals surface area (Å²) in [6.07, 6.45) is 12.6. The van der Waals surface area contributed by atoms with E-state index in [4.69, 9.17) is 5.26 Å². The standard InChI is InChI=1S/C21H28FN/c1-2-15-3-5-16(6-4-15)7-8-17-9-12-20-18(13-17)10-11-19(14-23)21(20)22/h10-11,15-17H,2-9,12-13H2,1H3. The number of hydrogen-bond donors (Lipinski definition) is 0. The molecule has 0 aliphatic heterocycles. The molecular weight excluding hydrogens is 285 g/mol. The van der Waals surface area contributed by atoms with Gasteiger partial charge in [0.15, 0.2) is 0 Å². The van der Waals surface area contributed by atoms with Crippen LogP contribution in [0.15, 0.2) is 12.1 Å². The molecule has 0 amide bonds. The topological polar surface area (TPSA) is 23.8 Å². The van der Waals surface area contributed by atoms with Crippen molar-refractivity contribution in [1.82, 2.24) is 0 Å². The summed E-state index contributed by atoms with van der Waals surface area (Å²) in [5.41, 5.74) is 2.16. The van der Waals surface area contributed by atoms with Crippen LogP contribution in [0.3, 0.4) is 0 Å². The third-order valence-electron chi connectivity index (χ3n) is 6.30. The van der Waals surface area contributed by atoms with E-state index in [9.17, 15) is 4.39 Å². The zero-order chi connectivity index (χ0) is 16.2. The van der Waals surface area contributed by atoms with Gasteiger partial charge >= 0.3 is 0 Å². The van der Waals surface area contributed by atoms with Crippen LogP contribution in [0.2, 0.25) is 0 Å². The van der Waals surface area contributed by atoms with Gasteiger partial charge in [-0.1, -0.05) is 51.5 Å². The smallest absolute Gasteiger partial charge is 0.144 e. The molecule has 1 unspecified atom stereocenters. The molecule has 1 aromatic rings. The summed E-state index contributed by atoms with van der Waals surface area (Å²) in [7, 11) is 0. The average Bonchev–Trinajstić information content (AvgIpc) is 2.60. The van der Waals surface area contributed by atoms with Crippen molar-refractivity contribution in [2.45, 2.75) is 71.1 Å². The van der Waals surface area contributed by atoms with Crippen molar-refractivity contribution in [2.24, 2.45) is 17.8 Å². The molecule has 0 N–H and O–H groups in total. The Bertz CT molecular complexity index is 578. The largest absolute Gasteiger partial charge is 0.205 e. The van der Waals surface area contributed by atoms with Crippen LogP contribution in [-0.4, -0.2) is 0 Å². The van der Waals surface area contributed by atoms with E-state index in [2.05, 4.69) is 6.92 Å². The maximum atomic E-state index is 14.2. The lowest BCUT2D eigenvalue weighted by Gasteiger charge is -2.30. The van der Waals surface area contributed by atoms with E-state index >= 15 is 0 Å². The van der Waals surface area contributed by atoms with Crippen LogP contribution >= 0.6 is 0 Å². The highest BCUT2D eigenvalue weighted by Crippen LogP contribution is 2.36. The first-order valence-corrected chi connectivity index (χ1v) is 9.41. The van der Waals surface area contributed by atoms with Gasteiger partial charge in [0, 0.05) is 0 Å². The number of halogens is 1. The fourth-order valence-corrected chi connectivity index (χ4v) is 4.62. The lowest BCUT2D eigenvalue weighted by Crippen LogP contribution is -2.19. The Morgan fingerprint density at radius 2 is 1.74 bits per heavy atom. The van der Waals surface area contributed by atoms with Gasteiger partial charge in [0.05, 0.1) is 5.56 Å². The number of rotatable bonds is 4. The van der Waals surface area contributed by atoms with Gasteiger partial charge in [-0.2, -0.15) is 5.26 Å². The van der Waals surface area contributed by atoms with Gasteiger partial charge in [0.25, 0.3) is 0 Å². The number of nitrogens with zero attached hydrogens (tertiary/aromatic N) is 1. The van der Waals surface area contributed by atoms with E-state index in [1.165, 1.54) is 44.9 Å². The molecule has 1 nitrogen and oxygen atoms in total. The summed E-state index contributed by atoms with van der Waals surface area (Å²) in [4.78, 5) is 0. The lowest BCUT2D eigenvalue weighted by atomic mass is 9.75. The first-order chi connectivity index (χ1) is 11.2. The van der Waals surface area contributed by atoms with Gasteiger partial charge in [0.1, 0.15) is 11.9 Å². The van der Waals surface area contributed by atoms with Crippen molar-refractivity contribution in [3.63, 3.8) is 0 Å². The van der Waals surface area contributed by atoms with E-state index < -0.39 is 0 Å². The van der Waals surface area contributed by atoms with Crippen LogP contribution in [0.1, 0.15) is 75.0 Å². The Hall–Kier alpha value is -1.36. The minimum absolute atomic E-state index is 0.204. The van der Waals surface area contributed by atoms with Crippen molar-refractivity contribution in [2.75, 3.05) is 0 Å². The Morgan fingerprint density at radius 1 is 1.04 bits per heavy atom. The highest BCUT2D eigenvalue weighted by Gasteiger charge is 2.25. The van der Waals surface area contributed by atoms with Gasteiger partial charge in [0.2, 0.25) is 0 Å². The second kappa shape index (κ2) is 7.47. The molecule has 0 heterocycles. The van der Waals surface area contributed by atoms with E-state index in [1.807, 2.05) is 12.1 Å². The highest BCUT2D eigenvalue weighted by atomic mass is 19.1. The summed E-state index contributed by atoms with van der Waals surface area (Å²) in [5, 5.41) is 8.95. The summed E-state index contributed by atoms with van der Waals surface area (Å²) in [6.45, 7) is 2.32. The minimum Gasteiger partial charge on any atom is -0.205 e. The van der Waals surface area contributed by atoms with E-state index in [0.29, 0.717) is 5.92 Å². The van der Waals surface area contributed by atoms with Gasteiger partial charge < -0.3 is 0 Å². The minimum atomic E-state index is -0.263.